The molecule has 0 saturated heterocycles. The van der Waals surface area contributed by atoms with Crippen LogP contribution >= 0.6 is 0 Å². The average Bonchev–Trinajstić information content (AvgIpc) is 2.89. The van der Waals surface area contributed by atoms with Crippen LogP contribution in [0.5, 0.6) is 0 Å². The summed E-state index contributed by atoms with van der Waals surface area (Å²) in [5, 5.41) is 0. The van der Waals surface area contributed by atoms with Crippen molar-refractivity contribution in [2.24, 2.45) is 57.5 Å². The van der Waals surface area contributed by atoms with Gasteiger partial charge in [-0.1, -0.05) is 41.5 Å². The lowest BCUT2D eigenvalue weighted by molar-refractivity contribution is -0.151. The van der Waals surface area contributed by atoms with E-state index in [1.54, 1.807) is 0 Å². The summed E-state index contributed by atoms with van der Waals surface area (Å²) in [4.78, 5) is 0. The van der Waals surface area contributed by atoms with Crippen LogP contribution in [0, 0.1) is 51.8 Å². The van der Waals surface area contributed by atoms with E-state index in [9.17, 15) is 0 Å². The van der Waals surface area contributed by atoms with Crippen molar-refractivity contribution in [3.8, 4) is 0 Å². The lowest BCUT2D eigenvalue weighted by Crippen LogP contribution is -2.60. The first kappa shape index (κ1) is 18.3. The Balaban J connectivity index is 1.64. The van der Waals surface area contributed by atoms with Crippen LogP contribution in [0.4, 0.5) is 0 Å². The van der Waals surface area contributed by atoms with Gasteiger partial charge < -0.3 is 5.73 Å². The van der Waals surface area contributed by atoms with Crippen molar-refractivity contribution in [2.75, 3.05) is 0 Å². The second-order valence-electron chi connectivity index (χ2n) is 12.0. The minimum absolute atomic E-state index is 0.328. The van der Waals surface area contributed by atoms with E-state index in [0.29, 0.717) is 22.3 Å². The number of fused-ring (bicyclic) bond motifs is 5. The highest BCUT2D eigenvalue weighted by atomic mass is 14.8. The number of nitrogens with two attached hydrogens (primary N) is 1. The molecular formula is C24H43N. The zero-order valence-corrected chi connectivity index (χ0v) is 17.8. The van der Waals surface area contributed by atoms with E-state index >= 15 is 0 Å². The molecule has 1 nitrogen and oxygen atoms in total. The summed E-state index contributed by atoms with van der Waals surface area (Å²) in [6.07, 6.45) is 11.6. The maximum absolute atomic E-state index is 6.60. The molecule has 0 aliphatic heterocycles. The van der Waals surface area contributed by atoms with Crippen LogP contribution < -0.4 is 5.73 Å². The molecule has 0 radical (unpaired) electrons. The van der Waals surface area contributed by atoms with Crippen LogP contribution in [0.2, 0.25) is 0 Å². The van der Waals surface area contributed by atoms with E-state index in [2.05, 4.69) is 41.5 Å². The normalized spacial score (nSPS) is 54.7. The fraction of sp³-hybridized carbons (Fsp3) is 1.00. The van der Waals surface area contributed by atoms with Crippen LogP contribution in [0.1, 0.15) is 92.9 Å². The Kier molecular flexibility index (Phi) is 4.20. The topological polar surface area (TPSA) is 26.0 Å². The van der Waals surface area contributed by atoms with Crippen molar-refractivity contribution < 1.29 is 0 Å². The van der Waals surface area contributed by atoms with Crippen molar-refractivity contribution in [3.05, 3.63) is 0 Å². The molecular weight excluding hydrogens is 302 g/mol. The Bertz CT molecular complexity index is 522. The minimum Gasteiger partial charge on any atom is -0.327 e. The van der Waals surface area contributed by atoms with Gasteiger partial charge in [0.05, 0.1) is 0 Å². The molecule has 4 saturated carbocycles. The molecule has 7 unspecified atom stereocenters. The maximum Gasteiger partial charge on any atom is 0.00933 e. The quantitative estimate of drug-likeness (QED) is 0.596. The van der Waals surface area contributed by atoms with Gasteiger partial charge in [-0.05, 0) is 103 Å². The SMILES string of the molecule is CC(C)C1CCC2[C@@H]3CCC4C(C)(C)C(N)CCC4(C)C3CCC12C. The van der Waals surface area contributed by atoms with Crippen molar-refractivity contribution in [3.63, 3.8) is 0 Å². The molecule has 0 heterocycles. The molecule has 0 aromatic heterocycles. The van der Waals surface area contributed by atoms with E-state index in [-0.39, 0.29) is 0 Å². The van der Waals surface area contributed by atoms with Gasteiger partial charge in [0.2, 0.25) is 0 Å². The first-order valence-electron chi connectivity index (χ1n) is 11.4. The summed E-state index contributed by atoms with van der Waals surface area (Å²) in [5.41, 5.74) is 8.13. The molecule has 0 aromatic rings. The molecule has 1 heteroatoms. The van der Waals surface area contributed by atoms with E-state index in [4.69, 9.17) is 5.73 Å². The van der Waals surface area contributed by atoms with Gasteiger partial charge in [0.25, 0.3) is 0 Å². The minimum atomic E-state index is 0.328. The standard InChI is InChI=1S/C24H43N/c1-15(2)17-8-9-18-16-7-10-20-22(3,4)21(25)12-14-24(20,6)19(16)11-13-23(17,18)5/h15-21H,7-14,25H2,1-6H3/t16-,17?,18?,19?,20?,21?,23?,24?/m0/s1. The van der Waals surface area contributed by atoms with Gasteiger partial charge in [-0.25, -0.2) is 0 Å². The smallest absolute Gasteiger partial charge is 0.00933 e. The largest absolute Gasteiger partial charge is 0.327 e. The monoisotopic (exact) mass is 345 g/mol. The van der Waals surface area contributed by atoms with Crippen LogP contribution in [0.15, 0.2) is 0 Å². The Morgan fingerprint density at radius 1 is 0.760 bits per heavy atom. The third kappa shape index (κ3) is 2.36. The summed E-state index contributed by atoms with van der Waals surface area (Å²) < 4.78 is 0. The fourth-order valence-electron chi connectivity index (χ4n) is 9.27. The summed E-state index contributed by atoms with van der Waals surface area (Å²) in [6, 6.07) is 0.410. The van der Waals surface area contributed by atoms with Crippen LogP contribution in [0.3, 0.4) is 0 Å². The molecule has 0 spiro atoms. The maximum atomic E-state index is 6.60. The molecule has 4 fully saturated rings. The highest BCUT2D eigenvalue weighted by molar-refractivity contribution is 5.12. The highest BCUT2D eigenvalue weighted by Crippen LogP contribution is 2.69. The highest BCUT2D eigenvalue weighted by Gasteiger charge is 2.62. The van der Waals surface area contributed by atoms with Crippen LogP contribution in [-0.2, 0) is 0 Å². The van der Waals surface area contributed by atoms with Crippen molar-refractivity contribution >= 4 is 0 Å². The van der Waals surface area contributed by atoms with Gasteiger partial charge in [0, 0.05) is 6.04 Å². The van der Waals surface area contributed by atoms with Crippen LogP contribution in [-0.4, -0.2) is 6.04 Å². The van der Waals surface area contributed by atoms with E-state index in [0.717, 1.165) is 35.5 Å². The lowest BCUT2D eigenvalue weighted by atomic mass is 9.40. The van der Waals surface area contributed by atoms with E-state index in [1.807, 2.05) is 0 Å². The van der Waals surface area contributed by atoms with Crippen LogP contribution in [0.25, 0.3) is 0 Å². The summed E-state index contributed by atoms with van der Waals surface area (Å²) in [5.74, 6) is 5.67. The van der Waals surface area contributed by atoms with Crippen molar-refractivity contribution in [2.45, 2.75) is 99.0 Å². The average molecular weight is 346 g/mol. The fourth-order valence-corrected chi connectivity index (χ4v) is 9.27. The Labute approximate surface area is 156 Å². The first-order chi connectivity index (χ1) is 11.6. The molecule has 0 amide bonds. The summed E-state index contributed by atoms with van der Waals surface area (Å²) in [7, 11) is 0. The zero-order chi connectivity index (χ0) is 18.2. The Morgan fingerprint density at radius 3 is 2.08 bits per heavy atom. The summed E-state index contributed by atoms with van der Waals surface area (Å²) >= 11 is 0. The van der Waals surface area contributed by atoms with Gasteiger partial charge in [-0.2, -0.15) is 0 Å². The number of rotatable bonds is 1. The van der Waals surface area contributed by atoms with Crippen molar-refractivity contribution in [1.29, 1.82) is 0 Å². The molecule has 4 rings (SSSR count). The Hall–Kier alpha value is -0.0400. The third-order valence-electron chi connectivity index (χ3n) is 10.6. The zero-order valence-electron chi connectivity index (χ0n) is 17.8. The predicted molar refractivity (Wildman–Crippen MR) is 107 cm³/mol. The molecule has 25 heavy (non-hydrogen) atoms. The molecule has 144 valence electrons. The molecule has 4 aliphatic carbocycles. The summed E-state index contributed by atoms with van der Waals surface area (Å²) in [6.45, 7) is 15.3. The van der Waals surface area contributed by atoms with Gasteiger partial charge in [-0.3, -0.25) is 0 Å². The molecule has 0 aromatic carbocycles. The van der Waals surface area contributed by atoms with E-state index in [1.165, 1.54) is 51.4 Å². The van der Waals surface area contributed by atoms with Gasteiger partial charge in [-0.15, -0.1) is 0 Å². The second-order valence-corrected chi connectivity index (χ2v) is 12.0. The van der Waals surface area contributed by atoms with Gasteiger partial charge in [0.15, 0.2) is 0 Å². The molecule has 0 bridgehead atoms. The molecule has 8 atom stereocenters. The van der Waals surface area contributed by atoms with Gasteiger partial charge >= 0.3 is 0 Å². The first-order valence-corrected chi connectivity index (χ1v) is 11.4. The molecule has 4 aliphatic rings. The Morgan fingerprint density at radius 2 is 1.40 bits per heavy atom. The lowest BCUT2D eigenvalue weighted by Gasteiger charge is -2.65. The number of hydrogen-bond donors (Lipinski definition) is 1. The molecule has 2 N–H and O–H groups in total. The number of hydrogen-bond acceptors (Lipinski definition) is 1. The van der Waals surface area contributed by atoms with Crippen molar-refractivity contribution in [1.82, 2.24) is 0 Å². The predicted octanol–water partition coefficient (Wildman–Crippen LogP) is 6.26. The van der Waals surface area contributed by atoms with Gasteiger partial charge in [0.1, 0.15) is 0 Å². The van der Waals surface area contributed by atoms with E-state index < -0.39 is 0 Å². The second kappa shape index (κ2) is 5.73. The third-order valence-corrected chi connectivity index (χ3v) is 10.6.